The van der Waals surface area contributed by atoms with Crippen LogP contribution in [0.2, 0.25) is 0 Å². The molecule has 4 aliphatic heterocycles. The fourth-order valence-corrected chi connectivity index (χ4v) is 5.37. The maximum atomic E-state index is 13.4. The highest BCUT2D eigenvalue weighted by molar-refractivity contribution is 5.96. The monoisotopic (exact) mass is 434 g/mol. The maximum absolute atomic E-state index is 13.4. The smallest absolute Gasteiger partial charge is 0.342 e. The van der Waals surface area contributed by atoms with Crippen LogP contribution in [0.15, 0.2) is 34.0 Å². The number of hydrazone groups is 1. The summed E-state index contributed by atoms with van der Waals surface area (Å²) in [4.78, 5) is 21.6. The van der Waals surface area contributed by atoms with Crippen molar-refractivity contribution in [2.45, 2.75) is 44.2 Å². The predicted molar refractivity (Wildman–Crippen MR) is 109 cm³/mol. The van der Waals surface area contributed by atoms with E-state index in [1.165, 1.54) is 10.6 Å². The number of halogens is 3. The van der Waals surface area contributed by atoms with Crippen LogP contribution < -0.4 is 0 Å². The number of hydrogen-bond acceptors (Lipinski definition) is 5. The number of piperidine rings is 1. The van der Waals surface area contributed by atoms with Gasteiger partial charge in [-0.15, -0.1) is 0 Å². The van der Waals surface area contributed by atoms with E-state index in [0.29, 0.717) is 44.7 Å². The van der Waals surface area contributed by atoms with Gasteiger partial charge < -0.3 is 9.47 Å². The van der Waals surface area contributed by atoms with Crippen molar-refractivity contribution in [1.82, 2.24) is 19.4 Å². The fourth-order valence-electron chi connectivity index (χ4n) is 5.37. The Balaban J connectivity index is 1.35. The van der Waals surface area contributed by atoms with Crippen LogP contribution in [0.4, 0.5) is 13.2 Å². The summed E-state index contributed by atoms with van der Waals surface area (Å²) in [6.45, 7) is 3.78. The summed E-state index contributed by atoms with van der Waals surface area (Å²) in [6.07, 6.45) is 1.69. The number of aromatic nitrogens is 1. The molecule has 1 amide bonds. The van der Waals surface area contributed by atoms with Gasteiger partial charge in [-0.3, -0.25) is 14.7 Å². The van der Waals surface area contributed by atoms with E-state index < -0.39 is 23.3 Å². The van der Waals surface area contributed by atoms with Crippen LogP contribution in [0.3, 0.4) is 0 Å². The average molecular weight is 434 g/mol. The summed E-state index contributed by atoms with van der Waals surface area (Å²) in [5, 5.41) is 6.11. The highest BCUT2D eigenvalue weighted by Gasteiger charge is 2.48. The molecular formula is C21H25F3N6O. The average Bonchev–Trinajstić information content (AvgIpc) is 3.36. The number of likely N-dealkylation sites (tertiary alicyclic amines) is 1. The topological polar surface area (TPSA) is 56.4 Å². The highest BCUT2D eigenvalue weighted by Crippen LogP contribution is 2.44. The molecule has 1 aromatic heterocycles. The van der Waals surface area contributed by atoms with E-state index in [1.54, 1.807) is 23.5 Å². The maximum Gasteiger partial charge on any atom is 0.431 e. The van der Waals surface area contributed by atoms with Crippen LogP contribution in [0.1, 0.15) is 31.2 Å². The molecule has 2 unspecified atom stereocenters. The zero-order valence-electron chi connectivity index (χ0n) is 17.5. The van der Waals surface area contributed by atoms with Gasteiger partial charge in [-0.1, -0.05) is 0 Å². The van der Waals surface area contributed by atoms with Crippen LogP contribution in [-0.4, -0.2) is 70.6 Å². The third kappa shape index (κ3) is 3.02. The number of alkyl halides is 3. The third-order valence-corrected chi connectivity index (χ3v) is 7.16. The zero-order valence-corrected chi connectivity index (χ0v) is 17.5. The van der Waals surface area contributed by atoms with Gasteiger partial charge in [0.15, 0.2) is 6.17 Å². The number of rotatable bonds is 1. The second-order valence-electron chi connectivity index (χ2n) is 8.69. The third-order valence-electron chi connectivity index (χ3n) is 7.16. The molecule has 0 aromatic carbocycles. The number of allylic oxidation sites excluding steroid dienone is 2. The van der Waals surface area contributed by atoms with Gasteiger partial charge in [0.25, 0.3) is 0 Å². The molecule has 166 valence electrons. The van der Waals surface area contributed by atoms with E-state index in [4.69, 9.17) is 0 Å². The predicted octanol–water partition coefficient (Wildman–Crippen LogP) is 2.50. The molecular weight excluding hydrogens is 409 g/mol. The van der Waals surface area contributed by atoms with Crippen molar-refractivity contribution in [3.63, 3.8) is 0 Å². The van der Waals surface area contributed by atoms with Crippen molar-refractivity contribution in [3.05, 3.63) is 35.3 Å². The molecule has 1 fully saturated rings. The summed E-state index contributed by atoms with van der Waals surface area (Å²) in [7, 11) is 1.97. The first-order chi connectivity index (χ1) is 14.7. The number of fused-ring (bicyclic) bond motifs is 3. The Bertz CT molecular complexity index is 986. The Hall–Kier alpha value is -2.62. The summed E-state index contributed by atoms with van der Waals surface area (Å²) < 4.78 is 41.8. The van der Waals surface area contributed by atoms with Crippen LogP contribution in [0.5, 0.6) is 0 Å². The van der Waals surface area contributed by atoms with Gasteiger partial charge in [0.2, 0.25) is 5.91 Å². The quantitative estimate of drug-likeness (QED) is 0.683. The summed E-state index contributed by atoms with van der Waals surface area (Å²) in [6, 6.07) is 2.80. The molecule has 2 atom stereocenters. The highest BCUT2D eigenvalue weighted by atomic mass is 19.4. The standard InChI is InChI=1S/C21H25F3N6O/c1-14-5-8-25-18-15(13-26-30(14)18)19(31)28-9-6-20(7-10-28)16-3-4-17(21(22,23)24)29(16)12-11-27(20)2/h3-5,8,13,15,18H,6-7,9-12H2,1-2H3. The largest absolute Gasteiger partial charge is 0.431 e. The molecule has 5 heterocycles. The fraction of sp³-hybridized carbons (Fsp3) is 0.571. The van der Waals surface area contributed by atoms with Gasteiger partial charge in [0, 0.05) is 50.0 Å². The van der Waals surface area contributed by atoms with Crippen molar-refractivity contribution in [3.8, 4) is 0 Å². The number of carbonyl (C=O) groups excluding carboxylic acids is 1. The second-order valence-corrected chi connectivity index (χ2v) is 8.69. The van der Waals surface area contributed by atoms with Crippen molar-refractivity contribution in [1.29, 1.82) is 0 Å². The lowest BCUT2D eigenvalue weighted by atomic mass is 9.81. The van der Waals surface area contributed by atoms with Gasteiger partial charge in [-0.2, -0.15) is 18.3 Å². The van der Waals surface area contributed by atoms with E-state index in [0.717, 1.165) is 5.70 Å². The number of hydrogen-bond donors (Lipinski definition) is 0. The number of amides is 1. The van der Waals surface area contributed by atoms with Crippen LogP contribution in [-0.2, 0) is 23.1 Å². The van der Waals surface area contributed by atoms with Crippen LogP contribution >= 0.6 is 0 Å². The number of nitrogens with zero attached hydrogens (tertiary/aromatic N) is 6. The molecule has 0 aliphatic carbocycles. The number of carbonyl (C=O) groups is 1. The minimum atomic E-state index is -4.37. The number of likely N-dealkylation sites (N-methyl/N-ethyl adjacent to an activating group) is 1. The van der Waals surface area contributed by atoms with Gasteiger partial charge in [0.05, 0.1) is 5.54 Å². The Kier molecular flexibility index (Phi) is 4.55. The van der Waals surface area contributed by atoms with E-state index in [-0.39, 0.29) is 12.1 Å². The molecule has 1 saturated heterocycles. The SMILES string of the molecule is CC1=CC=NC2C(C(=O)N3CCC4(CC3)c3ccc(C(F)(F)F)n3CCN4C)C=NN12. The molecule has 0 N–H and O–H groups in total. The lowest BCUT2D eigenvalue weighted by molar-refractivity contribution is -0.145. The second kappa shape index (κ2) is 6.94. The molecule has 0 saturated carbocycles. The van der Waals surface area contributed by atoms with Gasteiger partial charge in [-0.05, 0) is 45.0 Å². The first kappa shape index (κ1) is 20.3. The van der Waals surface area contributed by atoms with Gasteiger partial charge >= 0.3 is 6.18 Å². The Morgan fingerprint density at radius 2 is 1.90 bits per heavy atom. The van der Waals surface area contributed by atoms with Crippen molar-refractivity contribution in [2.24, 2.45) is 16.0 Å². The Labute approximate surface area is 178 Å². The van der Waals surface area contributed by atoms with E-state index >= 15 is 0 Å². The lowest BCUT2D eigenvalue weighted by Crippen LogP contribution is -2.57. The normalized spacial score (nSPS) is 27.5. The zero-order chi connectivity index (χ0) is 22.0. The molecule has 5 rings (SSSR count). The van der Waals surface area contributed by atoms with Gasteiger partial charge in [0.1, 0.15) is 11.6 Å². The van der Waals surface area contributed by atoms with E-state index in [1.807, 2.05) is 24.9 Å². The molecule has 31 heavy (non-hydrogen) atoms. The summed E-state index contributed by atoms with van der Waals surface area (Å²) >= 11 is 0. The number of aliphatic imine (C=N–C) groups is 1. The molecule has 4 aliphatic rings. The van der Waals surface area contributed by atoms with Gasteiger partial charge in [-0.25, -0.2) is 5.01 Å². The van der Waals surface area contributed by atoms with Crippen molar-refractivity contribution >= 4 is 18.3 Å². The van der Waals surface area contributed by atoms with Crippen LogP contribution in [0.25, 0.3) is 0 Å². The molecule has 10 heteroatoms. The lowest BCUT2D eigenvalue weighted by Gasteiger charge is -2.51. The molecule has 0 radical (unpaired) electrons. The first-order valence-corrected chi connectivity index (χ1v) is 10.5. The minimum absolute atomic E-state index is 0.0252. The summed E-state index contributed by atoms with van der Waals surface area (Å²) in [5.74, 6) is -0.471. The molecule has 1 spiro atoms. The van der Waals surface area contributed by atoms with E-state index in [9.17, 15) is 18.0 Å². The van der Waals surface area contributed by atoms with Crippen molar-refractivity contribution < 1.29 is 18.0 Å². The molecule has 0 bridgehead atoms. The molecule has 1 aromatic rings. The van der Waals surface area contributed by atoms with Crippen molar-refractivity contribution in [2.75, 3.05) is 26.7 Å². The first-order valence-electron chi connectivity index (χ1n) is 10.5. The van der Waals surface area contributed by atoms with E-state index in [2.05, 4.69) is 15.0 Å². The summed E-state index contributed by atoms with van der Waals surface area (Å²) in [5.41, 5.74) is 0.562. The Morgan fingerprint density at radius 3 is 2.61 bits per heavy atom. The minimum Gasteiger partial charge on any atom is -0.342 e. The Morgan fingerprint density at radius 1 is 1.16 bits per heavy atom. The molecule has 7 nitrogen and oxygen atoms in total. The van der Waals surface area contributed by atoms with Crippen LogP contribution in [0, 0.1) is 5.92 Å².